The molecule has 2 aliphatic rings. The van der Waals surface area contributed by atoms with Gasteiger partial charge in [0.25, 0.3) is 0 Å². The molecule has 2 aromatic rings. The third kappa shape index (κ3) is 4.37. The van der Waals surface area contributed by atoms with Crippen LogP contribution < -0.4 is 4.74 Å². The van der Waals surface area contributed by atoms with Gasteiger partial charge >= 0.3 is 0 Å². The molecular formula is C23H34N2O. The Morgan fingerprint density at radius 1 is 1.15 bits per heavy atom. The van der Waals surface area contributed by atoms with Crippen molar-refractivity contribution in [3.05, 3.63) is 35.5 Å². The first-order valence-electron chi connectivity index (χ1n) is 10.5. The molecule has 1 aliphatic carbocycles. The van der Waals surface area contributed by atoms with Gasteiger partial charge in [-0.05, 0) is 36.8 Å². The summed E-state index contributed by atoms with van der Waals surface area (Å²) in [6.07, 6.45) is 11.2. The molecule has 0 unspecified atom stereocenters. The monoisotopic (exact) mass is 354 g/mol. The third-order valence-corrected chi connectivity index (χ3v) is 5.42. The van der Waals surface area contributed by atoms with Crippen molar-refractivity contribution in [3.8, 4) is 5.75 Å². The number of fused-ring (bicyclic) bond motifs is 3. The van der Waals surface area contributed by atoms with E-state index in [4.69, 9.17) is 4.74 Å². The Labute approximate surface area is 158 Å². The lowest BCUT2D eigenvalue weighted by molar-refractivity contribution is 0.0741. The summed E-state index contributed by atoms with van der Waals surface area (Å²) >= 11 is 0. The van der Waals surface area contributed by atoms with Crippen LogP contribution in [0.4, 0.5) is 0 Å². The van der Waals surface area contributed by atoms with Crippen LogP contribution in [-0.4, -0.2) is 23.2 Å². The molecule has 1 aromatic carbocycles. The van der Waals surface area contributed by atoms with Crippen molar-refractivity contribution in [2.24, 2.45) is 5.92 Å². The van der Waals surface area contributed by atoms with Crippen LogP contribution in [0.3, 0.4) is 0 Å². The fourth-order valence-electron chi connectivity index (χ4n) is 4.22. The predicted octanol–water partition coefficient (Wildman–Crippen LogP) is 5.95. The van der Waals surface area contributed by atoms with Gasteiger partial charge in [-0.2, -0.15) is 0 Å². The number of hydrogen-bond donors (Lipinski definition) is 0. The molecule has 1 fully saturated rings. The van der Waals surface area contributed by atoms with E-state index in [2.05, 4.69) is 42.8 Å². The van der Waals surface area contributed by atoms with Gasteiger partial charge in [0.05, 0.1) is 0 Å². The van der Waals surface area contributed by atoms with Gasteiger partial charge in [-0.15, -0.1) is 0 Å². The average molecular weight is 355 g/mol. The summed E-state index contributed by atoms with van der Waals surface area (Å²) < 4.78 is 6.15. The quantitative estimate of drug-likeness (QED) is 0.681. The number of ether oxygens (including phenoxy) is 1. The summed E-state index contributed by atoms with van der Waals surface area (Å²) in [5, 5.41) is 1.24. The van der Waals surface area contributed by atoms with E-state index in [1.807, 2.05) is 12.3 Å². The first-order chi connectivity index (χ1) is 12.8. The van der Waals surface area contributed by atoms with Gasteiger partial charge in [0.15, 0.2) is 5.75 Å². The summed E-state index contributed by atoms with van der Waals surface area (Å²) in [6.45, 7) is 9.37. The van der Waals surface area contributed by atoms with Crippen LogP contribution in [0.2, 0.25) is 0 Å². The van der Waals surface area contributed by atoms with Crippen LogP contribution in [0.1, 0.15) is 70.4 Å². The highest BCUT2D eigenvalue weighted by Gasteiger charge is 2.24. The Kier molecular flexibility index (Phi) is 6.90. The summed E-state index contributed by atoms with van der Waals surface area (Å²) in [5.74, 6) is 1.87. The first-order valence-corrected chi connectivity index (χ1v) is 10.5. The molecule has 3 nitrogen and oxygen atoms in total. The van der Waals surface area contributed by atoms with Crippen molar-refractivity contribution >= 4 is 10.9 Å². The average Bonchev–Trinajstić information content (AvgIpc) is 2.68. The minimum atomic E-state index is 0.709. The van der Waals surface area contributed by atoms with Crippen LogP contribution >= 0.6 is 0 Å². The summed E-state index contributed by atoms with van der Waals surface area (Å²) in [6, 6.07) is 6.53. The minimum absolute atomic E-state index is 0.709. The van der Waals surface area contributed by atoms with E-state index in [9.17, 15) is 0 Å². The maximum atomic E-state index is 6.15. The molecule has 0 spiro atoms. The van der Waals surface area contributed by atoms with E-state index < -0.39 is 0 Å². The smallest absolute Gasteiger partial charge is 0.152 e. The zero-order chi connectivity index (χ0) is 18.4. The molecule has 0 amide bonds. The van der Waals surface area contributed by atoms with E-state index in [-0.39, 0.29) is 0 Å². The van der Waals surface area contributed by atoms with Gasteiger partial charge in [0.2, 0.25) is 0 Å². The summed E-state index contributed by atoms with van der Waals surface area (Å²) in [7, 11) is 0. The molecule has 0 N–H and O–H groups in total. The van der Waals surface area contributed by atoms with Gasteiger partial charge in [0, 0.05) is 30.2 Å². The Morgan fingerprint density at radius 3 is 2.65 bits per heavy atom. The van der Waals surface area contributed by atoms with Crippen LogP contribution in [-0.2, 0) is 13.0 Å². The maximum absolute atomic E-state index is 6.15. The van der Waals surface area contributed by atoms with Crippen LogP contribution in [0.5, 0.6) is 5.75 Å². The molecule has 26 heavy (non-hydrogen) atoms. The SMILES string of the molecule is CCC.CCc1cc2c(c3ncccc13)OCN(CC1CCCCC1)C2. The molecule has 2 heterocycles. The standard InChI is InChI=1S/C20H26N2O.C3H8/c1-2-16-11-17-13-22(12-15-7-4-3-5-8-15)14-23-20(17)19-18(16)9-6-10-21-19;1-3-2/h6,9-11,15H,2-5,7-8,12-14H2,1H3;3H2,1-2H3. The zero-order valence-corrected chi connectivity index (χ0v) is 16.8. The second kappa shape index (κ2) is 9.36. The van der Waals surface area contributed by atoms with Crippen molar-refractivity contribution < 1.29 is 4.74 Å². The van der Waals surface area contributed by atoms with Gasteiger partial charge in [-0.3, -0.25) is 9.88 Å². The number of benzene rings is 1. The summed E-state index contributed by atoms with van der Waals surface area (Å²) in [4.78, 5) is 7.08. The first kappa shape index (κ1) is 19.2. The number of pyridine rings is 1. The fraction of sp³-hybridized carbons (Fsp3) is 0.609. The van der Waals surface area contributed by atoms with Crippen molar-refractivity contribution in [2.75, 3.05) is 13.3 Å². The molecule has 1 aromatic heterocycles. The van der Waals surface area contributed by atoms with Gasteiger partial charge < -0.3 is 4.74 Å². The predicted molar refractivity (Wildman–Crippen MR) is 110 cm³/mol. The van der Waals surface area contributed by atoms with Gasteiger partial charge in [0.1, 0.15) is 12.2 Å². The molecule has 142 valence electrons. The van der Waals surface area contributed by atoms with Gasteiger partial charge in [-0.25, -0.2) is 0 Å². The van der Waals surface area contributed by atoms with Crippen LogP contribution in [0.25, 0.3) is 10.9 Å². The van der Waals surface area contributed by atoms with E-state index >= 15 is 0 Å². The summed E-state index contributed by atoms with van der Waals surface area (Å²) in [5.41, 5.74) is 3.74. The number of rotatable bonds is 3. The van der Waals surface area contributed by atoms with E-state index in [0.29, 0.717) is 6.73 Å². The van der Waals surface area contributed by atoms with E-state index in [0.717, 1.165) is 30.1 Å². The molecule has 4 rings (SSSR count). The molecule has 0 atom stereocenters. The Morgan fingerprint density at radius 2 is 1.92 bits per heavy atom. The molecular weight excluding hydrogens is 320 g/mol. The lowest BCUT2D eigenvalue weighted by Crippen LogP contribution is -2.36. The van der Waals surface area contributed by atoms with E-state index in [1.165, 1.54) is 61.6 Å². The molecule has 1 aliphatic heterocycles. The highest BCUT2D eigenvalue weighted by Crippen LogP contribution is 2.35. The molecule has 0 radical (unpaired) electrons. The van der Waals surface area contributed by atoms with Crippen molar-refractivity contribution in [2.45, 2.75) is 72.3 Å². The normalized spacial score (nSPS) is 18.0. The van der Waals surface area contributed by atoms with Crippen molar-refractivity contribution in [1.82, 2.24) is 9.88 Å². The van der Waals surface area contributed by atoms with Crippen molar-refractivity contribution in [3.63, 3.8) is 0 Å². The molecule has 3 heteroatoms. The maximum Gasteiger partial charge on any atom is 0.152 e. The topological polar surface area (TPSA) is 25.4 Å². The highest BCUT2D eigenvalue weighted by atomic mass is 16.5. The lowest BCUT2D eigenvalue weighted by Gasteiger charge is -2.33. The number of aromatic nitrogens is 1. The van der Waals surface area contributed by atoms with Crippen LogP contribution in [0, 0.1) is 5.92 Å². The Bertz CT molecular complexity index is 707. The largest absolute Gasteiger partial charge is 0.475 e. The third-order valence-electron chi connectivity index (χ3n) is 5.42. The van der Waals surface area contributed by atoms with E-state index in [1.54, 1.807) is 0 Å². The number of nitrogens with zero attached hydrogens (tertiary/aromatic N) is 2. The highest BCUT2D eigenvalue weighted by molar-refractivity contribution is 5.89. The zero-order valence-electron chi connectivity index (χ0n) is 16.8. The van der Waals surface area contributed by atoms with Crippen molar-refractivity contribution in [1.29, 1.82) is 0 Å². The molecule has 0 saturated heterocycles. The molecule has 0 bridgehead atoms. The molecule has 1 saturated carbocycles. The second-order valence-corrected chi connectivity index (χ2v) is 7.77. The van der Waals surface area contributed by atoms with Gasteiger partial charge in [-0.1, -0.05) is 58.6 Å². The lowest BCUT2D eigenvalue weighted by atomic mass is 9.89. The second-order valence-electron chi connectivity index (χ2n) is 7.77. The van der Waals surface area contributed by atoms with Crippen LogP contribution in [0.15, 0.2) is 24.4 Å². The number of hydrogen-bond acceptors (Lipinski definition) is 3. The number of aryl methyl sites for hydroxylation is 1. The Hall–Kier alpha value is -1.61. The fourth-order valence-corrected chi connectivity index (χ4v) is 4.22. The minimum Gasteiger partial charge on any atom is -0.475 e. The Balaban J connectivity index is 0.000000613.